The average Bonchev–Trinajstić information content (AvgIpc) is 2.15. The minimum Gasteiger partial charge on any atom is -0.396 e. The van der Waals surface area contributed by atoms with Gasteiger partial charge in [-0.05, 0) is 24.6 Å². The van der Waals surface area contributed by atoms with Crippen LogP contribution >= 0.6 is 11.8 Å². The lowest BCUT2D eigenvalue weighted by atomic mass is 10.1. The Labute approximate surface area is 83.1 Å². The van der Waals surface area contributed by atoms with Crippen molar-refractivity contribution in [1.29, 1.82) is 0 Å². The molecule has 13 heavy (non-hydrogen) atoms. The summed E-state index contributed by atoms with van der Waals surface area (Å²) in [6.07, 6.45) is 0. The molecule has 0 aromatic heterocycles. The van der Waals surface area contributed by atoms with Crippen LogP contribution in [0.4, 0.5) is 0 Å². The molecule has 3 heteroatoms. The molecule has 1 aromatic rings. The summed E-state index contributed by atoms with van der Waals surface area (Å²) in [5.74, 6) is 0.738. The molecule has 0 amide bonds. The minimum absolute atomic E-state index is 0.0784. The molecule has 0 aliphatic heterocycles. The standard InChI is InChI=1S/C10H15NOS/c1-8(11)9-3-2-4-10(7-9)13-6-5-12/h2-4,7-8,12H,5-6,11H2,1H3. The summed E-state index contributed by atoms with van der Waals surface area (Å²) in [6.45, 7) is 2.18. The fraction of sp³-hybridized carbons (Fsp3) is 0.400. The summed E-state index contributed by atoms with van der Waals surface area (Å²) in [7, 11) is 0. The zero-order valence-electron chi connectivity index (χ0n) is 7.73. The molecule has 1 aromatic carbocycles. The van der Waals surface area contributed by atoms with Crippen LogP contribution in [0.5, 0.6) is 0 Å². The third-order valence-corrected chi connectivity index (χ3v) is 2.72. The summed E-state index contributed by atoms with van der Waals surface area (Å²) in [5.41, 5.74) is 6.89. The van der Waals surface area contributed by atoms with E-state index < -0.39 is 0 Å². The predicted octanol–water partition coefficient (Wildman–Crippen LogP) is 1.79. The van der Waals surface area contributed by atoms with E-state index >= 15 is 0 Å². The van der Waals surface area contributed by atoms with Gasteiger partial charge in [0, 0.05) is 16.7 Å². The summed E-state index contributed by atoms with van der Waals surface area (Å²) >= 11 is 1.65. The first-order valence-corrected chi connectivity index (χ1v) is 5.32. The first kappa shape index (κ1) is 10.6. The highest BCUT2D eigenvalue weighted by atomic mass is 32.2. The lowest BCUT2D eigenvalue weighted by Crippen LogP contribution is -2.04. The molecule has 3 N–H and O–H groups in total. The third kappa shape index (κ3) is 3.38. The van der Waals surface area contributed by atoms with Crippen LogP contribution in [0.25, 0.3) is 0 Å². The summed E-state index contributed by atoms with van der Waals surface area (Å²) in [5, 5.41) is 8.66. The Hall–Kier alpha value is -0.510. The number of hydrogen-bond donors (Lipinski definition) is 2. The van der Waals surface area contributed by atoms with E-state index in [-0.39, 0.29) is 12.6 Å². The van der Waals surface area contributed by atoms with Gasteiger partial charge in [0.05, 0.1) is 6.61 Å². The van der Waals surface area contributed by atoms with Gasteiger partial charge in [-0.2, -0.15) is 0 Å². The molecule has 1 rings (SSSR count). The number of benzene rings is 1. The molecule has 0 saturated carbocycles. The van der Waals surface area contributed by atoms with Gasteiger partial charge in [0.25, 0.3) is 0 Å². The molecular weight excluding hydrogens is 182 g/mol. The van der Waals surface area contributed by atoms with E-state index in [0.29, 0.717) is 0 Å². The molecular formula is C10H15NOS. The van der Waals surface area contributed by atoms with Crippen LogP contribution < -0.4 is 5.73 Å². The van der Waals surface area contributed by atoms with E-state index in [0.717, 1.165) is 11.3 Å². The Morgan fingerprint density at radius 1 is 1.54 bits per heavy atom. The maximum Gasteiger partial charge on any atom is 0.0525 e. The van der Waals surface area contributed by atoms with E-state index in [2.05, 4.69) is 6.07 Å². The number of rotatable bonds is 4. The van der Waals surface area contributed by atoms with Crippen LogP contribution in [0.3, 0.4) is 0 Å². The fourth-order valence-corrected chi connectivity index (χ4v) is 1.77. The van der Waals surface area contributed by atoms with Crippen LogP contribution in [0.15, 0.2) is 29.2 Å². The van der Waals surface area contributed by atoms with Crippen molar-refractivity contribution in [3.8, 4) is 0 Å². The van der Waals surface area contributed by atoms with Crippen molar-refractivity contribution >= 4 is 11.8 Å². The van der Waals surface area contributed by atoms with Crippen molar-refractivity contribution in [3.05, 3.63) is 29.8 Å². The van der Waals surface area contributed by atoms with Gasteiger partial charge in [-0.3, -0.25) is 0 Å². The van der Waals surface area contributed by atoms with E-state index in [1.807, 2.05) is 25.1 Å². The SMILES string of the molecule is CC(N)c1cccc(SCCO)c1. The van der Waals surface area contributed by atoms with E-state index in [1.165, 1.54) is 4.90 Å². The van der Waals surface area contributed by atoms with Crippen LogP contribution in [-0.4, -0.2) is 17.5 Å². The fourth-order valence-electron chi connectivity index (χ4n) is 1.05. The van der Waals surface area contributed by atoms with Gasteiger partial charge < -0.3 is 10.8 Å². The molecule has 72 valence electrons. The molecule has 0 bridgehead atoms. The van der Waals surface area contributed by atoms with Gasteiger partial charge in [0.15, 0.2) is 0 Å². The van der Waals surface area contributed by atoms with Crippen LogP contribution in [0.1, 0.15) is 18.5 Å². The van der Waals surface area contributed by atoms with E-state index in [9.17, 15) is 0 Å². The number of nitrogens with two attached hydrogens (primary N) is 1. The Balaban J connectivity index is 2.68. The zero-order valence-corrected chi connectivity index (χ0v) is 8.55. The lowest BCUT2D eigenvalue weighted by molar-refractivity contribution is 0.322. The molecule has 1 atom stereocenters. The van der Waals surface area contributed by atoms with Crippen molar-refractivity contribution in [2.75, 3.05) is 12.4 Å². The Morgan fingerprint density at radius 2 is 2.31 bits per heavy atom. The van der Waals surface area contributed by atoms with Gasteiger partial charge in [-0.1, -0.05) is 12.1 Å². The number of aliphatic hydroxyl groups is 1. The number of hydrogen-bond acceptors (Lipinski definition) is 3. The smallest absolute Gasteiger partial charge is 0.0525 e. The maximum atomic E-state index is 8.66. The van der Waals surface area contributed by atoms with Crippen molar-refractivity contribution in [1.82, 2.24) is 0 Å². The highest BCUT2D eigenvalue weighted by molar-refractivity contribution is 7.99. The van der Waals surface area contributed by atoms with E-state index in [1.54, 1.807) is 11.8 Å². The summed E-state index contributed by atoms with van der Waals surface area (Å²) in [6, 6.07) is 8.21. The topological polar surface area (TPSA) is 46.2 Å². The molecule has 0 fully saturated rings. The molecule has 0 saturated heterocycles. The van der Waals surface area contributed by atoms with Gasteiger partial charge >= 0.3 is 0 Å². The number of aliphatic hydroxyl groups excluding tert-OH is 1. The maximum absolute atomic E-state index is 8.66. The summed E-state index contributed by atoms with van der Waals surface area (Å²) in [4.78, 5) is 1.17. The average molecular weight is 197 g/mol. The zero-order chi connectivity index (χ0) is 9.68. The predicted molar refractivity (Wildman–Crippen MR) is 56.9 cm³/mol. The second kappa shape index (κ2) is 5.27. The Morgan fingerprint density at radius 3 is 2.92 bits per heavy atom. The van der Waals surface area contributed by atoms with Crippen molar-refractivity contribution in [2.24, 2.45) is 5.73 Å². The first-order valence-electron chi connectivity index (χ1n) is 4.33. The summed E-state index contributed by atoms with van der Waals surface area (Å²) < 4.78 is 0. The second-order valence-electron chi connectivity index (χ2n) is 2.93. The highest BCUT2D eigenvalue weighted by Crippen LogP contribution is 2.20. The molecule has 0 aliphatic carbocycles. The van der Waals surface area contributed by atoms with Crippen molar-refractivity contribution in [3.63, 3.8) is 0 Å². The molecule has 0 heterocycles. The Kier molecular flexibility index (Phi) is 4.28. The van der Waals surface area contributed by atoms with Gasteiger partial charge in [-0.15, -0.1) is 11.8 Å². The molecule has 2 nitrogen and oxygen atoms in total. The molecule has 0 radical (unpaired) electrons. The van der Waals surface area contributed by atoms with Gasteiger partial charge in [0.1, 0.15) is 0 Å². The normalized spacial score (nSPS) is 12.8. The molecule has 0 spiro atoms. The quantitative estimate of drug-likeness (QED) is 0.723. The van der Waals surface area contributed by atoms with Gasteiger partial charge in [0.2, 0.25) is 0 Å². The monoisotopic (exact) mass is 197 g/mol. The molecule has 0 aliphatic rings. The number of thioether (sulfide) groups is 1. The first-order chi connectivity index (χ1) is 6.24. The van der Waals surface area contributed by atoms with Crippen LogP contribution in [-0.2, 0) is 0 Å². The van der Waals surface area contributed by atoms with Crippen molar-refractivity contribution in [2.45, 2.75) is 17.9 Å². The van der Waals surface area contributed by atoms with E-state index in [4.69, 9.17) is 10.8 Å². The Bertz CT molecular complexity index is 263. The molecule has 1 unspecified atom stereocenters. The van der Waals surface area contributed by atoms with Crippen molar-refractivity contribution < 1.29 is 5.11 Å². The van der Waals surface area contributed by atoms with Gasteiger partial charge in [-0.25, -0.2) is 0 Å². The largest absolute Gasteiger partial charge is 0.396 e. The van der Waals surface area contributed by atoms with Crippen LogP contribution in [0.2, 0.25) is 0 Å². The highest BCUT2D eigenvalue weighted by Gasteiger charge is 2.00. The minimum atomic E-state index is 0.0784. The van der Waals surface area contributed by atoms with Crippen LogP contribution in [0, 0.1) is 0 Å². The second-order valence-corrected chi connectivity index (χ2v) is 4.10. The third-order valence-electron chi connectivity index (χ3n) is 1.74. The lowest BCUT2D eigenvalue weighted by Gasteiger charge is -2.07.